The van der Waals surface area contributed by atoms with Gasteiger partial charge in [-0.3, -0.25) is 9.55 Å². The topological polar surface area (TPSA) is 44.1 Å². The van der Waals surface area contributed by atoms with Crippen molar-refractivity contribution in [3.8, 4) is 0 Å². The molecule has 2 aromatic heterocycles. The molecule has 0 amide bonds. The smallest absolute Gasteiger partial charge is 0.445 e. The molecule has 2 aromatic rings. The minimum atomic E-state index is -5.23. The number of rotatable bonds is 1. The van der Waals surface area contributed by atoms with E-state index in [1.807, 2.05) is 0 Å². The summed E-state index contributed by atoms with van der Waals surface area (Å²) in [6.45, 7) is -0.294. The molecule has 0 saturated carbocycles. The number of pyridine rings is 1. The molecule has 0 aliphatic carbocycles. The van der Waals surface area contributed by atoms with Crippen LogP contribution in [-0.4, -0.2) is 28.2 Å². The van der Waals surface area contributed by atoms with Crippen LogP contribution in [0.4, 0.5) is 17.7 Å². The number of fused-ring (bicyclic) bond motifs is 1. The van der Waals surface area contributed by atoms with E-state index >= 15 is 0 Å². The fourth-order valence-corrected chi connectivity index (χ4v) is 1.82. The van der Waals surface area contributed by atoms with Gasteiger partial charge in [0.1, 0.15) is 5.60 Å². The van der Waals surface area contributed by atoms with Crippen molar-refractivity contribution >= 4 is 29.4 Å². The van der Waals surface area contributed by atoms with Crippen LogP contribution in [0, 0.1) is 0 Å². The van der Waals surface area contributed by atoms with E-state index in [9.17, 15) is 17.7 Å². The zero-order chi connectivity index (χ0) is 15.1. The van der Waals surface area contributed by atoms with Gasteiger partial charge in [0.2, 0.25) is 0 Å². The Labute approximate surface area is 162 Å². The average molecular weight is 324 g/mol. The van der Waals surface area contributed by atoms with Gasteiger partial charge in [-0.2, -0.15) is 0 Å². The van der Waals surface area contributed by atoms with Gasteiger partial charge in [-0.15, -0.1) is 0 Å². The first-order chi connectivity index (χ1) is 9.09. The number of aromatic nitrogens is 2. The fourth-order valence-electron chi connectivity index (χ4n) is 1.82. The number of halogens is 3. The Kier molecular flexibility index (Phi) is 5.71. The van der Waals surface area contributed by atoms with E-state index in [0.717, 1.165) is 17.0 Å². The maximum atomic E-state index is 13.0. The summed E-state index contributed by atoms with van der Waals surface area (Å²) < 4.78 is 45.0. The Balaban J connectivity index is 0.00000220. The Bertz CT molecular complexity index is 665. The maximum Gasteiger partial charge on any atom is 1.00 e. The van der Waals surface area contributed by atoms with E-state index in [2.05, 4.69) is 4.98 Å². The zero-order valence-corrected chi connectivity index (χ0v) is 15.4. The second-order valence-corrected chi connectivity index (χ2v) is 5.40. The van der Waals surface area contributed by atoms with Crippen molar-refractivity contribution in [1.29, 1.82) is 0 Å². The summed E-state index contributed by atoms with van der Waals surface area (Å²) in [5, 5.41) is -0.106. The Hall–Kier alpha value is -0.349. The van der Waals surface area contributed by atoms with Gasteiger partial charge in [-0.1, -0.05) is 5.46 Å². The van der Waals surface area contributed by atoms with Crippen LogP contribution in [0.25, 0.3) is 10.9 Å². The Morgan fingerprint density at radius 1 is 1.33 bits per heavy atom. The minimum absolute atomic E-state index is 0. The molecular weight excluding hydrogens is 311 g/mol. The van der Waals surface area contributed by atoms with Gasteiger partial charge in [0.25, 0.3) is 0 Å². The van der Waals surface area contributed by atoms with Gasteiger partial charge < -0.3 is 17.7 Å². The third-order valence-corrected chi connectivity index (χ3v) is 2.58. The van der Waals surface area contributed by atoms with Gasteiger partial charge in [0.15, 0.2) is 0 Å². The number of carbonyl (C=O) groups excluding carboxylic acids is 1. The van der Waals surface area contributed by atoms with E-state index in [-0.39, 0.29) is 62.3 Å². The van der Waals surface area contributed by atoms with E-state index in [1.54, 1.807) is 20.8 Å². The predicted molar refractivity (Wildman–Crippen MR) is 70.1 cm³/mol. The van der Waals surface area contributed by atoms with Crippen LogP contribution < -0.4 is 56.8 Å². The minimum Gasteiger partial charge on any atom is -0.445 e. The normalized spacial score (nSPS) is 12.1. The molecule has 0 radical (unpaired) electrons. The van der Waals surface area contributed by atoms with Crippen molar-refractivity contribution < 1.29 is 73.9 Å². The van der Waals surface area contributed by atoms with Gasteiger partial charge >= 0.3 is 64.5 Å². The van der Waals surface area contributed by atoms with Crippen molar-refractivity contribution in [3.05, 3.63) is 24.7 Å². The van der Waals surface area contributed by atoms with E-state index in [1.165, 1.54) is 12.3 Å². The van der Waals surface area contributed by atoms with Crippen LogP contribution in [0.5, 0.6) is 0 Å². The molecule has 9 heteroatoms. The van der Waals surface area contributed by atoms with E-state index < -0.39 is 24.1 Å². The Morgan fingerprint density at radius 3 is 2.48 bits per heavy atom. The third kappa shape index (κ3) is 4.32. The number of ether oxygens (including phenoxy) is 1. The summed E-state index contributed by atoms with van der Waals surface area (Å²) in [6, 6.07) is 1.35. The summed E-state index contributed by atoms with van der Waals surface area (Å²) in [4.78, 5) is 15.7. The summed E-state index contributed by atoms with van der Waals surface area (Å²) in [5.74, 6) is 0. The second-order valence-electron chi connectivity index (χ2n) is 5.40. The van der Waals surface area contributed by atoms with Crippen molar-refractivity contribution in [2.45, 2.75) is 26.4 Å². The van der Waals surface area contributed by atoms with Crippen molar-refractivity contribution in [1.82, 2.24) is 9.55 Å². The number of carbonyl (C=O) groups is 1. The monoisotopic (exact) mass is 324 g/mol. The van der Waals surface area contributed by atoms with Crippen LogP contribution in [-0.2, 0) is 4.74 Å². The molecular formula is C12H13BF3KN2O2. The number of hydrogen-bond donors (Lipinski definition) is 0. The molecule has 21 heavy (non-hydrogen) atoms. The molecule has 108 valence electrons. The quantitative estimate of drug-likeness (QED) is 0.687. The van der Waals surface area contributed by atoms with Crippen molar-refractivity contribution in [2.75, 3.05) is 0 Å². The first-order valence-corrected chi connectivity index (χ1v) is 5.98. The first kappa shape index (κ1) is 18.7. The average Bonchev–Trinajstić information content (AvgIpc) is 2.65. The molecule has 2 heterocycles. The fraction of sp³-hybridized carbons (Fsp3) is 0.333. The van der Waals surface area contributed by atoms with Crippen LogP contribution in [0.2, 0.25) is 0 Å². The molecule has 0 aliphatic rings. The van der Waals surface area contributed by atoms with Crippen molar-refractivity contribution in [2.24, 2.45) is 0 Å². The molecule has 0 unspecified atom stereocenters. The van der Waals surface area contributed by atoms with E-state index in [4.69, 9.17) is 4.74 Å². The van der Waals surface area contributed by atoms with E-state index in [0.29, 0.717) is 0 Å². The molecule has 0 aromatic carbocycles. The van der Waals surface area contributed by atoms with Crippen LogP contribution >= 0.6 is 0 Å². The summed E-state index contributed by atoms with van der Waals surface area (Å²) in [7, 11) is 0. The molecule has 0 aliphatic heterocycles. The summed E-state index contributed by atoms with van der Waals surface area (Å²) in [6.07, 6.45) is 2.34. The summed E-state index contributed by atoms with van der Waals surface area (Å²) >= 11 is 0. The van der Waals surface area contributed by atoms with Crippen LogP contribution in [0.15, 0.2) is 24.7 Å². The zero-order valence-electron chi connectivity index (χ0n) is 12.2. The van der Waals surface area contributed by atoms with Crippen LogP contribution in [0.3, 0.4) is 0 Å². The standard InChI is InChI=1S/C12H13BF3N2O2.K/c1-12(2,3)20-11(19)18-7-9(13(14,15)16)8-6-17-5-4-10(8)18;/h4-7H,1-3H3;/q-1;+1. The van der Waals surface area contributed by atoms with Gasteiger partial charge in [0, 0.05) is 12.4 Å². The first-order valence-electron chi connectivity index (χ1n) is 5.98. The van der Waals surface area contributed by atoms with Gasteiger partial charge in [-0.05, 0) is 38.4 Å². The SMILES string of the molecule is CC(C)(C)OC(=O)n1cc([B-](F)(F)F)c2cnccc21.[K+]. The molecule has 0 atom stereocenters. The summed E-state index contributed by atoms with van der Waals surface area (Å²) in [5.41, 5.74) is -1.51. The number of hydrogen-bond acceptors (Lipinski definition) is 3. The third-order valence-electron chi connectivity index (χ3n) is 2.58. The van der Waals surface area contributed by atoms with Crippen molar-refractivity contribution in [3.63, 3.8) is 0 Å². The van der Waals surface area contributed by atoms with Gasteiger partial charge in [0.05, 0.1) is 5.52 Å². The second kappa shape index (κ2) is 6.41. The molecule has 2 rings (SSSR count). The molecule has 0 fully saturated rings. The maximum absolute atomic E-state index is 13.0. The Morgan fingerprint density at radius 2 is 1.95 bits per heavy atom. The molecule has 4 nitrogen and oxygen atoms in total. The van der Waals surface area contributed by atoms with Gasteiger partial charge in [-0.25, -0.2) is 4.79 Å². The molecule has 0 saturated heterocycles. The number of nitrogens with zero attached hydrogens (tertiary/aromatic N) is 2. The molecule has 0 N–H and O–H groups in total. The largest absolute Gasteiger partial charge is 1.00 e. The molecule has 0 bridgehead atoms. The predicted octanol–water partition coefficient (Wildman–Crippen LogP) is -0.122. The molecule has 0 spiro atoms. The van der Waals surface area contributed by atoms with Crippen LogP contribution in [0.1, 0.15) is 20.8 Å².